The molecule has 40 heavy (non-hydrogen) atoms. The van der Waals surface area contributed by atoms with Crippen LogP contribution in [0.4, 0.5) is 9.59 Å². The number of carbonyl (C=O) groups excluding carboxylic acids is 3. The van der Waals surface area contributed by atoms with Gasteiger partial charge in [-0.15, -0.1) is 0 Å². The Balaban J connectivity index is 1.85. The van der Waals surface area contributed by atoms with Crippen LogP contribution in [0.1, 0.15) is 43.2 Å². The molecular formula is C26H28N2O12. The quantitative estimate of drug-likeness (QED) is 0.102. The summed E-state index contributed by atoms with van der Waals surface area (Å²) in [6.07, 6.45) is -1.73. The van der Waals surface area contributed by atoms with Crippen LogP contribution < -0.4 is 20.9 Å². The van der Waals surface area contributed by atoms with Gasteiger partial charge in [-0.2, -0.15) is 0 Å². The fraction of sp³-hybridized carbons (Fsp3) is 0.346. The van der Waals surface area contributed by atoms with Crippen LogP contribution in [-0.4, -0.2) is 65.5 Å². The second-order valence-electron chi connectivity index (χ2n) is 8.69. The van der Waals surface area contributed by atoms with Gasteiger partial charge in [0, 0.05) is 17.7 Å². The zero-order chi connectivity index (χ0) is 29.4. The van der Waals surface area contributed by atoms with E-state index in [0.29, 0.717) is 5.39 Å². The van der Waals surface area contributed by atoms with Gasteiger partial charge in [0.2, 0.25) is 0 Å². The number of carboxylic acid groups (broad SMARTS) is 2. The first-order valence-corrected chi connectivity index (χ1v) is 12.1. The molecule has 2 aromatic carbocycles. The van der Waals surface area contributed by atoms with Crippen molar-refractivity contribution in [1.29, 1.82) is 0 Å². The van der Waals surface area contributed by atoms with E-state index in [1.54, 1.807) is 24.3 Å². The SMILES string of the molecule is CC(=O)c1cc2c(OC(=O)OCCC[C@H](N)C(=O)O)c3ccccc3c(OC(=O)OCCC[C@H](N)C(=O)O)c2o1. The Morgan fingerprint density at radius 2 is 1.27 bits per heavy atom. The number of Topliss-reactive ketones (excluding diaryl/α,β-unsaturated/α-hetero) is 1. The van der Waals surface area contributed by atoms with E-state index in [1.807, 2.05) is 0 Å². The Bertz CT molecular complexity index is 1330. The third-order valence-corrected chi connectivity index (χ3v) is 5.71. The molecule has 0 amide bonds. The third-order valence-electron chi connectivity index (χ3n) is 5.71. The van der Waals surface area contributed by atoms with Crippen molar-refractivity contribution in [2.75, 3.05) is 13.2 Å². The second kappa shape index (κ2) is 13.4. The van der Waals surface area contributed by atoms with Crippen molar-refractivity contribution in [2.24, 2.45) is 11.5 Å². The number of ketones is 1. The maximum Gasteiger partial charge on any atom is 0.513 e. The number of aliphatic carboxylic acids is 2. The van der Waals surface area contributed by atoms with Gasteiger partial charge in [0.1, 0.15) is 12.1 Å². The summed E-state index contributed by atoms with van der Waals surface area (Å²) in [5.74, 6) is -3.04. The van der Waals surface area contributed by atoms with Crippen molar-refractivity contribution in [3.8, 4) is 11.5 Å². The first kappa shape index (κ1) is 29.9. The summed E-state index contributed by atoms with van der Waals surface area (Å²) < 4.78 is 26.6. The summed E-state index contributed by atoms with van der Waals surface area (Å²) in [4.78, 5) is 58.7. The number of carboxylic acids is 2. The molecular weight excluding hydrogens is 532 g/mol. The van der Waals surface area contributed by atoms with Gasteiger partial charge in [0.25, 0.3) is 0 Å². The number of hydrogen-bond acceptors (Lipinski definition) is 12. The Morgan fingerprint density at radius 3 is 1.75 bits per heavy atom. The van der Waals surface area contributed by atoms with Crippen LogP contribution in [-0.2, 0) is 19.1 Å². The van der Waals surface area contributed by atoms with Crippen LogP contribution in [0.25, 0.3) is 21.7 Å². The Hall–Kier alpha value is -4.69. The molecule has 3 aromatic rings. The fourth-order valence-corrected chi connectivity index (χ4v) is 3.65. The zero-order valence-corrected chi connectivity index (χ0v) is 21.4. The minimum Gasteiger partial charge on any atom is -0.480 e. The number of nitrogens with two attached hydrogens (primary N) is 2. The Kier molecular flexibility index (Phi) is 10.00. The lowest BCUT2D eigenvalue weighted by Gasteiger charge is -2.14. The van der Waals surface area contributed by atoms with Crippen molar-refractivity contribution < 1.29 is 57.6 Å². The average Bonchev–Trinajstić information content (AvgIpc) is 3.36. The molecule has 0 radical (unpaired) electrons. The second-order valence-corrected chi connectivity index (χ2v) is 8.69. The molecule has 14 nitrogen and oxygen atoms in total. The van der Waals surface area contributed by atoms with Gasteiger partial charge in [-0.1, -0.05) is 24.3 Å². The van der Waals surface area contributed by atoms with Gasteiger partial charge in [-0.3, -0.25) is 14.4 Å². The largest absolute Gasteiger partial charge is 0.513 e. The number of furan rings is 1. The number of hydrogen-bond donors (Lipinski definition) is 4. The van der Waals surface area contributed by atoms with E-state index in [9.17, 15) is 24.0 Å². The van der Waals surface area contributed by atoms with Crippen molar-refractivity contribution in [2.45, 2.75) is 44.7 Å². The Morgan fingerprint density at radius 1 is 0.800 bits per heavy atom. The molecule has 0 saturated heterocycles. The summed E-state index contributed by atoms with van der Waals surface area (Å²) in [6, 6.07) is 5.53. The lowest BCUT2D eigenvalue weighted by Crippen LogP contribution is -2.30. The number of fused-ring (bicyclic) bond motifs is 2. The summed E-state index contributed by atoms with van der Waals surface area (Å²) in [5.41, 5.74) is 10.8. The van der Waals surface area contributed by atoms with E-state index in [4.69, 9.17) is 45.0 Å². The topological polar surface area (TPSA) is 228 Å². The van der Waals surface area contributed by atoms with Crippen LogP contribution >= 0.6 is 0 Å². The zero-order valence-electron chi connectivity index (χ0n) is 21.4. The van der Waals surface area contributed by atoms with Crippen LogP contribution in [0.5, 0.6) is 11.5 Å². The number of rotatable bonds is 13. The third kappa shape index (κ3) is 7.45. The first-order chi connectivity index (χ1) is 19.0. The van der Waals surface area contributed by atoms with Crippen molar-refractivity contribution >= 4 is 51.8 Å². The Labute approximate surface area is 226 Å². The molecule has 214 valence electrons. The van der Waals surface area contributed by atoms with Gasteiger partial charge in [0.15, 0.2) is 28.6 Å². The highest BCUT2D eigenvalue weighted by Gasteiger charge is 2.26. The maximum atomic E-state index is 12.5. The number of carbonyl (C=O) groups is 5. The van der Waals surface area contributed by atoms with Crippen LogP contribution in [0.15, 0.2) is 34.7 Å². The minimum atomic E-state index is -1.18. The molecule has 1 aromatic heterocycles. The maximum absolute atomic E-state index is 12.5. The highest BCUT2D eigenvalue weighted by atomic mass is 16.7. The molecule has 0 aliphatic rings. The molecule has 0 aliphatic carbocycles. The van der Waals surface area contributed by atoms with Crippen LogP contribution in [0.3, 0.4) is 0 Å². The van der Waals surface area contributed by atoms with E-state index in [1.165, 1.54) is 13.0 Å². The summed E-state index contributed by atoms with van der Waals surface area (Å²) in [7, 11) is 0. The standard InChI is InChI=1S/C26H28N2O12/c1-13(29)19-12-16-20(39-25(34)36-10-4-8-17(27)23(30)31)14-6-2-3-7-15(14)21(22(16)38-19)40-26(35)37-11-5-9-18(28)24(32)33/h2-3,6-7,12,17-18H,4-5,8-11,27-28H2,1H3,(H,30,31)(H,32,33)/t17-,18-/m0/s1. The van der Waals surface area contributed by atoms with Gasteiger partial charge in [-0.25, -0.2) is 9.59 Å². The highest BCUT2D eigenvalue weighted by Crippen LogP contribution is 2.44. The summed E-state index contributed by atoms with van der Waals surface area (Å²) >= 11 is 0. The van der Waals surface area contributed by atoms with Crippen molar-refractivity contribution in [3.63, 3.8) is 0 Å². The molecule has 0 saturated carbocycles. The lowest BCUT2D eigenvalue weighted by atomic mass is 10.1. The van der Waals surface area contributed by atoms with E-state index in [0.717, 1.165) is 0 Å². The first-order valence-electron chi connectivity index (χ1n) is 12.1. The molecule has 2 atom stereocenters. The molecule has 6 N–H and O–H groups in total. The monoisotopic (exact) mass is 560 g/mol. The fourth-order valence-electron chi connectivity index (χ4n) is 3.65. The van der Waals surface area contributed by atoms with Gasteiger partial charge in [0.05, 0.1) is 18.6 Å². The molecule has 14 heteroatoms. The smallest absolute Gasteiger partial charge is 0.480 e. The molecule has 0 spiro atoms. The van der Waals surface area contributed by atoms with Crippen LogP contribution in [0, 0.1) is 0 Å². The average molecular weight is 561 g/mol. The van der Waals surface area contributed by atoms with Crippen molar-refractivity contribution in [3.05, 3.63) is 36.1 Å². The predicted molar refractivity (Wildman–Crippen MR) is 137 cm³/mol. The number of ether oxygens (including phenoxy) is 4. The van der Waals surface area contributed by atoms with E-state index in [-0.39, 0.29) is 72.5 Å². The van der Waals surface area contributed by atoms with E-state index < -0.39 is 42.1 Å². The minimum absolute atomic E-state index is 0.0301. The molecule has 0 unspecified atom stereocenters. The lowest BCUT2D eigenvalue weighted by molar-refractivity contribution is -0.139. The van der Waals surface area contributed by atoms with Crippen LogP contribution in [0.2, 0.25) is 0 Å². The van der Waals surface area contributed by atoms with Crippen molar-refractivity contribution in [1.82, 2.24) is 0 Å². The molecule has 0 aliphatic heterocycles. The van der Waals surface area contributed by atoms with Gasteiger partial charge < -0.3 is 45.0 Å². The normalized spacial score (nSPS) is 12.5. The summed E-state index contributed by atoms with van der Waals surface area (Å²) in [6.45, 7) is 0.933. The van der Waals surface area contributed by atoms with Gasteiger partial charge in [-0.05, 0) is 31.7 Å². The van der Waals surface area contributed by atoms with E-state index in [2.05, 4.69) is 0 Å². The van der Waals surface area contributed by atoms with E-state index >= 15 is 0 Å². The predicted octanol–water partition coefficient (Wildman–Crippen LogP) is 3.20. The van der Waals surface area contributed by atoms with Gasteiger partial charge >= 0.3 is 24.2 Å². The highest BCUT2D eigenvalue weighted by molar-refractivity contribution is 6.12. The summed E-state index contributed by atoms with van der Waals surface area (Å²) in [5, 5.41) is 18.4. The molecule has 3 rings (SSSR count). The molecule has 1 heterocycles. The number of benzene rings is 2. The molecule has 0 fully saturated rings. The molecule has 0 bridgehead atoms.